The average Bonchev–Trinajstić information content (AvgIpc) is 2.44. The van der Waals surface area contributed by atoms with Gasteiger partial charge in [0.15, 0.2) is 0 Å². The molecule has 3 N–H and O–H groups in total. The van der Waals surface area contributed by atoms with Gasteiger partial charge in [0.25, 0.3) is 0 Å². The smallest absolute Gasteiger partial charge is 0.0625 e. The van der Waals surface area contributed by atoms with Gasteiger partial charge in [0, 0.05) is 17.9 Å². The average molecular weight is 210 g/mol. The third kappa shape index (κ3) is 2.61. The normalized spacial score (nSPS) is 13.5. The Morgan fingerprint density at radius 3 is 2.47 bits per heavy atom. The van der Waals surface area contributed by atoms with E-state index < -0.39 is 0 Å². The summed E-state index contributed by atoms with van der Waals surface area (Å²) in [4.78, 5) is 0. The number of aliphatic hydroxyl groups is 1. The zero-order chi connectivity index (χ0) is 11.6. The molecule has 1 atom stereocenters. The van der Waals surface area contributed by atoms with Crippen molar-refractivity contribution < 1.29 is 5.11 Å². The second kappa shape index (κ2) is 4.81. The van der Waals surface area contributed by atoms with E-state index in [0.717, 1.165) is 12.1 Å². The van der Waals surface area contributed by atoms with E-state index in [1.807, 2.05) is 0 Å². The molecule has 0 saturated carbocycles. The van der Waals surface area contributed by atoms with Gasteiger partial charge in [-0.1, -0.05) is 13.8 Å². The van der Waals surface area contributed by atoms with Gasteiger partial charge in [-0.05, 0) is 31.4 Å². The second-order valence-electron chi connectivity index (χ2n) is 4.62. The molecule has 3 heteroatoms. The Bertz CT molecular complexity index is 329. The van der Waals surface area contributed by atoms with E-state index in [-0.39, 0.29) is 12.6 Å². The van der Waals surface area contributed by atoms with Gasteiger partial charge in [0.1, 0.15) is 0 Å². The highest BCUT2D eigenvalue weighted by atomic mass is 16.3. The molecule has 1 aromatic heterocycles. The lowest BCUT2D eigenvalue weighted by atomic mass is 10.1. The monoisotopic (exact) mass is 210 g/mol. The van der Waals surface area contributed by atoms with Crippen molar-refractivity contribution in [2.75, 3.05) is 6.61 Å². The lowest BCUT2D eigenvalue weighted by molar-refractivity contribution is 0.267. The zero-order valence-electron chi connectivity index (χ0n) is 10.1. The fourth-order valence-corrected chi connectivity index (χ4v) is 1.95. The largest absolute Gasteiger partial charge is 0.394 e. The van der Waals surface area contributed by atoms with Crippen LogP contribution in [0.15, 0.2) is 6.07 Å². The highest BCUT2D eigenvalue weighted by molar-refractivity contribution is 5.29. The first-order chi connectivity index (χ1) is 6.97. The minimum atomic E-state index is -0.253. The van der Waals surface area contributed by atoms with Gasteiger partial charge in [-0.3, -0.25) is 0 Å². The fourth-order valence-electron chi connectivity index (χ4n) is 1.95. The molecule has 0 bridgehead atoms. The van der Waals surface area contributed by atoms with Gasteiger partial charge in [-0.25, -0.2) is 0 Å². The number of aryl methyl sites for hydroxylation is 1. The first kappa shape index (κ1) is 12.3. The van der Waals surface area contributed by atoms with Crippen molar-refractivity contribution in [2.24, 2.45) is 11.7 Å². The van der Waals surface area contributed by atoms with Crippen LogP contribution in [-0.2, 0) is 6.54 Å². The summed E-state index contributed by atoms with van der Waals surface area (Å²) in [5, 5.41) is 9.06. The Morgan fingerprint density at radius 2 is 2.00 bits per heavy atom. The summed E-state index contributed by atoms with van der Waals surface area (Å²) >= 11 is 0. The Hall–Kier alpha value is -0.800. The molecule has 1 aromatic rings. The first-order valence-electron chi connectivity index (χ1n) is 5.50. The summed E-state index contributed by atoms with van der Waals surface area (Å²) in [7, 11) is 0. The number of hydrogen-bond donors (Lipinski definition) is 2. The van der Waals surface area contributed by atoms with Crippen LogP contribution < -0.4 is 5.73 Å². The Balaban J connectivity index is 3.03. The van der Waals surface area contributed by atoms with Crippen molar-refractivity contribution in [3.8, 4) is 0 Å². The molecule has 0 fully saturated rings. The maximum absolute atomic E-state index is 9.06. The van der Waals surface area contributed by atoms with Crippen LogP contribution in [0.3, 0.4) is 0 Å². The Kier molecular flexibility index (Phi) is 3.94. The summed E-state index contributed by atoms with van der Waals surface area (Å²) in [5.74, 6) is 0.619. The standard InChI is InChI=1S/C12H22N2O/c1-8(2)6-14-9(3)5-11(10(14)4)12(13)7-15/h5,8,12,15H,6-7,13H2,1-4H3/t12-/m0/s1. The number of hydrogen-bond acceptors (Lipinski definition) is 2. The van der Waals surface area contributed by atoms with Crippen LogP contribution in [0.5, 0.6) is 0 Å². The van der Waals surface area contributed by atoms with E-state index in [9.17, 15) is 0 Å². The summed E-state index contributed by atoms with van der Waals surface area (Å²) in [5.41, 5.74) is 9.32. The second-order valence-corrected chi connectivity index (χ2v) is 4.62. The van der Waals surface area contributed by atoms with Crippen LogP contribution >= 0.6 is 0 Å². The van der Waals surface area contributed by atoms with Crippen molar-refractivity contribution in [3.63, 3.8) is 0 Å². The highest BCUT2D eigenvalue weighted by Gasteiger charge is 2.14. The predicted octanol–water partition coefficient (Wildman–Crippen LogP) is 1.75. The first-order valence-corrected chi connectivity index (χ1v) is 5.50. The van der Waals surface area contributed by atoms with Gasteiger partial charge in [-0.2, -0.15) is 0 Å². The van der Waals surface area contributed by atoms with E-state index in [4.69, 9.17) is 10.8 Å². The van der Waals surface area contributed by atoms with Crippen LogP contribution in [0.25, 0.3) is 0 Å². The van der Waals surface area contributed by atoms with E-state index in [1.165, 1.54) is 11.4 Å². The molecule has 15 heavy (non-hydrogen) atoms. The quantitative estimate of drug-likeness (QED) is 0.795. The van der Waals surface area contributed by atoms with Gasteiger partial charge in [-0.15, -0.1) is 0 Å². The molecule has 0 radical (unpaired) electrons. The molecule has 1 rings (SSSR count). The van der Waals surface area contributed by atoms with Gasteiger partial charge >= 0.3 is 0 Å². The van der Waals surface area contributed by atoms with Crippen molar-refractivity contribution >= 4 is 0 Å². The molecule has 1 heterocycles. The number of aliphatic hydroxyl groups excluding tert-OH is 1. The molecule has 0 aliphatic heterocycles. The number of nitrogens with two attached hydrogens (primary N) is 1. The summed E-state index contributed by atoms with van der Waals surface area (Å²) in [6.45, 7) is 9.57. The molecule has 0 saturated heterocycles. The van der Waals surface area contributed by atoms with E-state index in [0.29, 0.717) is 5.92 Å². The minimum absolute atomic E-state index is 0.00592. The van der Waals surface area contributed by atoms with Crippen molar-refractivity contribution in [3.05, 3.63) is 23.0 Å². The topological polar surface area (TPSA) is 51.2 Å². The van der Waals surface area contributed by atoms with Crippen molar-refractivity contribution in [1.82, 2.24) is 4.57 Å². The van der Waals surface area contributed by atoms with Crippen LogP contribution in [-0.4, -0.2) is 16.3 Å². The zero-order valence-corrected chi connectivity index (χ0v) is 10.1. The predicted molar refractivity (Wildman–Crippen MR) is 62.8 cm³/mol. The molecular weight excluding hydrogens is 188 g/mol. The van der Waals surface area contributed by atoms with Gasteiger partial charge in [0.2, 0.25) is 0 Å². The van der Waals surface area contributed by atoms with Gasteiger partial charge < -0.3 is 15.4 Å². The molecule has 86 valence electrons. The molecule has 0 spiro atoms. The van der Waals surface area contributed by atoms with E-state index in [1.54, 1.807) is 0 Å². The third-order valence-electron chi connectivity index (χ3n) is 2.76. The van der Waals surface area contributed by atoms with Crippen LogP contribution in [0.1, 0.15) is 36.8 Å². The number of nitrogens with zero attached hydrogens (tertiary/aromatic N) is 1. The number of rotatable bonds is 4. The van der Waals surface area contributed by atoms with Gasteiger partial charge in [0.05, 0.1) is 12.6 Å². The summed E-state index contributed by atoms with van der Waals surface area (Å²) in [6, 6.07) is 1.83. The Morgan fingerprint density at radius 1 is 1.40 bits per heavy atom. The van der Waals surface area contributed by atoms with E-state index >= 15 is 0 Å². The maximum atomic E-state index is 9.06. The summed E-state index contributed by atoms with van der Waals surface area (Å²) < 4.78 is 2.27. The molecule has 0 aromatic carbocycles. The van der Waals surface area contributed by atoms with Crippen LogP contribution in [0.2, 0.25) is 0 Å². The van der Waals surface area contributed by atoms with Crippen molar-refractivity contribution in [1.29, 1.82) is 0 Å². The SMILES string of the molecule is Cc1cc([C@@H](N)CO)c(C)n1CC(C)C. The van der Waals surface area contributed by atoms with E-state index in [2.05, 4.69) is 38.3 Å². The molecule has 0 unspecified atom stereocenters. The molecule has 3 nitrogen and oxygen atoms in total. The summed E-state index contributed by atoms with van der Waals surface area (Å²) in [6.07, 6.45) is 0. The molecule has 0 aliphatic rings. The molecule has 0 aliphatic carbocycles. The fraction of sp³-hybridized carbons (Fsp3) is 0.667. The highest BCUT2D eigenvalue weighted by Crippen LogP contribution is 2.21. The lowest BCUT2D eigenvalue weighted by Gasteiger charge is -2.13. The van der Waals surface area contributed by atoms with Crippen LogP contribution in [0.4, 0.5) is 0 Å². The number of aromatic nitrogens is 1. The lowest BCUT2D eigenvalue weighted by Crippen LogP contribution is -2.16. The third-order valence-corrected chi connectivity index (χ3v) is 2.76. The molecular formula is C12H22N2O. The molecule has 0 amide bonds. The maximum Gasteiger partial charge on any atom is 0.0625 e. The Labute approximate surface area is 91.9 Å². The van der Waals surface area contributed by atoms with Crippen molar-refractivity contribution in [2.45, 2.75) is 40.3 Å². The minimum Gasteiger partial charge on any atom is -0.394 e. The van der Waals surface area contributed by atoms with Crippen LogP contribution in [0, 0.1) is 19.8 Å².